The number of amides is 2. The molecule has 0 fully saturated rings. The molecule has 0 aliphatic heterocycles. The van der Waals surface area contributed by atoms with Crippen LogP contribution in [-0.2, 0) is 6.42 Å². The Hall–Kier alpha value is -3.35. The number of rotatable bonds is 8. The van der Waals surface area contributed by atoms with Crippen molar-refractivity contribution in [1.82, 2.24) is 19.6 Å². The molecular weight excluding hydrogens is 368 g/mol. The van der Waals surface area contributed by atoms with Gasteiger partial charge in [0.15, 0.2) is 5.69 Å². The summed E-state index contributed by atoms with van der Waals surface area (Å²) >= 11 is 0. The number of fused-ring (bicyclic) bond motifs is 1. The lowest BCUT2D eigenvalue weighted by Crippen LogP contribution is -2.31. The summed E-state index contributed by atoms with van der Waals surface area (Å²) in [6, 6.07) is 13.2. The second-order valence-corrected chi connectivity index (χ2v) is 6.57. The van der Waals surface area contributed by atoms with Crippen LogP contribution in [0.2, 0.25) is 0 Å². The van der Waals surface area contributed by atoms with Crippen LogP contribution in [0.15, 0.2) is 48.7 Å². The topological polar surface area (TPSA) is 75.9 Å². The van der Waals surface area contributed by atoms with E-state index in [-0.39, 0.29) is 17.6 Å². The third-order valence-electron chi connectivity index (χ3n) is 4.86. The normalized spacial score (nSPS) is 10.7. The average molecular weight is 394 g/mol. The summed E-state index contributed by atoms with van der Waals surface area (Å²) in [4.78, 5) is 31.7. The molecule has 2 aromatic heterocycles. The zero-order valence-corrected chi connectivity index (χ0v) is 17.0. The molecule has 152 valence electrons. The van der Waals surface area contributed by atoms with E-state index in [0.29, 0.717) is 37.3 Å². The lowest BCUT2D eigenvalue weighted by Gasteiger charge is -2.17. The number of benzene rings is 1. The van der Waals surface area contributed by atoms with E-state index in [1.807, 2.05) is 50.2 Å². The van der Waals surface area contributed by atoms with E-state index in [2.05, 4.69) is 10.3 Å². The van der Waals surface area contributed by atoms with Gasteiger partial charge in [-0.2, -0.15) is 0 Å². The number of nitrogens with one attached hydrogen (secondary N) is 1. The number of hydrogen-bond acceptors (Lipinski definition) is 4. The van der Waals surface area contributed by atoms with Crippen LogP contribution in [0, 0.1) is 0 Å². The SMILES string of the molecule is CCN(CC)C(=O)c1nc(C(=O)NCCc2ccc(OC)cc2)n2ccccc12. The van der Waals surface area contributed by atoms with Crippen LogP contribution < -0.4 is 10.1 Å². The third-order valence-corrected chi connectivity index (χ3v) is 4.86. The van der Waals surface area contributed by atoms with E-state index < -0.39 is 0 Å². The minimum Gasteiger partial charge on any atom is -0.497 e. The van der Waals surface area contributed by atoms with Crippen molar-refractivity contribution in [1.29, 1.82) is 0 Å². The number of imidazole rings is 1. The Kier molecular flexibility index (Phi) is 6.49. The van der Waals surface area contributed by atoms with Crippen LogP contribution in [0.5, 0.6) is 5.75 Å². The van der Waals surface area contributed by atoms with Gasteiger partial charge in [0, 0.05) is 25.8 Å². The highest BCUT2D eigenvalue weighted by atomic mass is 16.5. The third kappa shape index (κ3) is 4.39. The van der Waals surface area contributed by atoms with Crippen molar-refractivity contribution >= 4 is 17.3 Å². The number of pyridine rings is 1. The maximum atomic E-state index is 12.8. The molecular formula is C22H26N4O3. The highest BCUT2D eigenvalue weighted by Crippen LogP contribution is 2.16. The summed E-state index contributed by atoms with van der Waals surface area (Å²) < 4.78 is 6.82. The van der Waals surface area contributed by atoms with E-state index in [1.165, 1.54) is 0 Å². The van der Waals surface area contributed by atoms with Gasteiger partial charge in [-0.25, -0.2) is 4.98 Å². The van der Waals surface area contributed by atoms with Crippen molar-refractivity contribution < 1.29 is 14.3 Å². The summed E-state index contributed by atoms with van der Waals surface area (Å²) in [5.74, 6) is 0.534. The molecule has 0 saturated heterocycles. The summed E-state index contributed by atoms with van der Waals surface area (Å²) in [7, 11) is 1.63. The van der Waals surface area contributed by atoms with Gasteiger partial charge in [0.1, 0.15) is 5.75 Å². The Morgan fingerprint density at radius 3 is 2.48 bits per heavy atom. The molecule has 0 aliphatic carbocycles. The zero-order valence-electron chi connectivity index (χ0n) is 17.0. The average Bonchev–Trinajstić information content (AvgIpc) is 3.15. The molecule has 2 heterocycles. The van der Waals surface area contributed by atoms with E-state index in [0.717, 1.165) is 11.3 Å². The van der Waals surface area contributed by atoms with Gasteiger partial charge < -0.3 is 15.0 Å². The fourth-order valence-corrected chi connectivity index (χ4v) is 3.21. The zero-order chi connectivity index (χ0) is 20.8. The molecule has 7 heteroatoms. The van der Waals surface area contributed by atoms with Gasteiger partial charge in [-0.1, -0.05) is 18.2 Å². The van der Waals surface area contributed by atoms with Crippen LogP contribution in [0.1, 0.15) is 40.5 Å². The van der Waals surface area contributed by atoms with E-state index in [4.69, 9.17) is 4.74 Å². The first-order valence-electron chi connectivity index (χ1n) is 9.76. The molecule has 0 atom stereocenters. The molecule has 0 spiro atoms. The first-order valence-corrected chi connectivity index (χ1v) is 9.76. The molecule has 0 aliphatic rings. The van der Waals surface area contributed by atoms with Crippen molar-refractivity contribution in [3.8, 4) is 5.75 Å². The molecule has 1 N–H and O–H groups in total. The molecule has 0 bridgehead atoms. The Balaban J connectivity index is 1.76. The second-order valence-electron chi connectivity index (χ2n) is 6.57. The molecule has 2 amide bonds. The summed E-state index contributed by atoms with van der Waals surface area (Å²) in [5.41, 5.74) is 2.02. The Morgan fingerprint density at radius 1 is 1.10 bits per heavy atom. The van der Waals surface area contributed by atoms with Gasteiger partial charge in [-0.3, -0.25) is 14.0 Å². The predicted molar refractivity (Wildman–Crippen MR) is 111 cm³/mol. The van der Waals surface area contributed by atoms with Crippen molar-refractivity contribution in [2.75, 3.05) is 26.7 Å². The van der Waals surface area contributed by atoms with Crippen molar-refractivity contribution in [3.05, 3.63) is 65.7 Å². The number of methoxy groups -OCH3 is 1. The van der Waals surface area contributed by atoms with Crippen molar-refractivity contribution in [2.24, 2.45) is 0 Å². The van der Waals surface area contributed by atoms with Crippen LogP contribution in [0.25, 0.3) is 5.52 Å². The lowest BCUT2D eigenvalue weighted by molar-refractivity contribution is 0.0769. The number of carbonyl (C=O) groups excluding carboxylic acids is 2. The number of aromatic nitrogens is 2. The van der Waals surface area contributed by atoms with Crippen LogP contribution >= 0.6 is 0 Å². The molecule has 7 nitrogen and oxygen atoms in total. The van der Waals surface area contributed by atoms with Gasteiger partial charge in [0.25, 0.3) is 11.8 Å². The Bertz CT molecular complexity index is 991. The minimum absolute atomic E-state index is 0.170. The highest BCUT2D eigenvalue weighted by Gasteiger charge is 2.23. The summed E-state index contributed by atoms with van der Waals surface area (Å²) in [6.45, 7) is 5.49. The number of carbonyl (C=O) groups is 2. The van der Waals surface area contributed by atoms with Crippen molar-refractivity contribution in [3.63, 3.8) is 0 Å². The number of ether oxygens (including phenoxy) is 1. The smallest absolute Gasteiger partial charge is 0.287 e. The summed E-state index contributed by atoms with van der Waals surface area (Å²) in [6.07, 6.45) is 2.43. The highest BCUT2D eigenvalue weighted by molar-refractivity contribution is 6.02. The van der Waals surface area contributed by atoms with Gasteiger partial charge in [-0.05, 0) is 50.1 Å². The molecule has 0 saturated carbocycles. The number of hydrogen-bond donors (Lipinski definition) is 1. The predicted octanol–water partition coefficient (Wildman–Crippen LogP) is 2.80. The molecule has 3 rings (SSSR count). The molecule has 3 aromatic rings. The van der Waals surface area contributed by atoms with Gasteiger partial charge >= 0.3 is 0 Å². The largest absolute Gasteiger partial charge is 0.497 e. The molecule has 0 unspecified atom stereocenters. The monoisotopic (exact) mass is 394 g/mol. The maximum Gasteiger partial charge on any atom is 0.287 e. The summed E-state index contributed by atoms with van der Waals surface area (Å²) in [5, 5.41) is 2.90. The minimum atomic E-state index is -0.307. The van der Waals surface area contributed by atoms with Gasteiger partial charge in [0.2, 0.25) is 5.82 Å². The standard InChI is InChI=1S/C22H26N4O3/c1-4-25(5-2)22(28)19-18-8-6-7-15-26(18)20(24-19)21(27)23-14-13-16-9-11-17(29-3)12-10-16/h6-12,15H,4-5,13-14H2,1-3H3,(H,23,27). The molecule has 0 radical (unpaired) electrons. The number of nitrogens with zero attached hydrogens (tertiary/aromatic N) is 3. The molecule has 29 heavy (non-hydrogen) atoms. The first-order chi connectivity index (χ1) is 14.1. The van der Waals surface area contributed by atoms with E-state index in [9.17, 15) is 9.59 Å². The quantitative estimate of drug-likeness (QED) is 0.637. The van der Waals surface area contributed by atoms with E-state index >= 15 is 0 Å². The van der Waals surface area contributed by atoms with Crippen LogP contribution in [0.4, 0.5) is 0 Å². The first kappa shape index (κ1) is 20.4. The van der Waals surface area contributed by atoms with Crippen molar-refractivity contribution in [2.45, 2.75) is 20.3 Å². The Labute approximate surface area is 170 Å². The van der Waals surface area contributed by atoms with Crippen LogP contribution in [-0.4, -0.2) is 52.8 Å². The fourth-order valence-electron chi connectivity index (χ4n) is 3.21. The second kappa shape index (κ2) is 9.23. The van der Waals surface area contributed by atoms with Crippen LogP contribution in [0.3, 0.4) is 0 Å². The Morgan fingerprint density at radius 2 is 1.83 bits per heavy atom. The fraction of sp³-hybridized carbons (Fsp3) is 0.318. The lowest BCUT2D eigenvalue weighted by atomic mass is 10.1. The maximum absolute atomic E-state index is 12.8. The van der Waals surface area contributed by atoms with Gasteiger partial charge in [0.05, 0.1) is 12.6 Å². The van der Waals surface area contributed by atoms with Gasteiger partial charge in [-0.15, -0.1) is 0 Å². The molecule has 1 aromatic carbocycles. The van der Waals surface area contributed by atoms with E-state index in [1.54, 1.807) is 28.7 Å².